The number of rotatable bonds is 2. The zero-order valence-electron chi connectivity index (χ0n) is 10.4. The second-order valence-electron chi connectivity index (χ2n) is 4.70. The first-order valence-electron chi connectivity index (χ1n) is 6.13. The highest BCUT2D eigenvalue weighted by atomic mass is 15.0. The number of anilines is 1. The summed E-state index contributed by atoms with van der Waals surface area (Å²) in [7, 11) is 0. The molecule has 0 aliphatic carbocycles. The second kappa shape index (κ2) is 4.22. The number of aryl methyl sites for hydroxylation is 1. The Labute approximate surface area is 107 Å². The van der Waals surface area contributed by atoms with Crippen LogP contribution in [0, 0.1) is 6.92 Å². The van der Waals surface area contributed by atoms with E-state index in [1.165, 1.54) is 16.5 Å². The van der Waals surface area contributed by atoms with Gasteiger partial charge in [0.15, 0.2) is 0 Å². The Bertz CT molecular complexity index is 695. The van der Waals surface area contributed by atoms with Crippen molar-refractivity contribution in [3.63, 3.8) is 0 Å². The number of nitrogens with two attached hydrogens (primary N) is 1. The summed E-state index contributed by atoms with van der Waals surface area (Å²) in [5, 5.41) is 1.28. The van der Waals surface area contributed by atoms with Gasteiger partial charge in [-0.15, -0.1) is 0 Å². The molecule has 90 valence electrons. The molecule has 0 aliphatic rings. The van der Waals surface area contributed by atoms with Crippen LogP contribution in [-0.2, 0) is 6.54 Å². The maximum atomic E-state index is 5.99. The second-order valence-corrected chi connectivity index (χ2v) is 4.70. The largest absolute Gasteiger partial charge is 0.398 e. The third-order valence-electron chi connectivity index (χ3n) is 3.32. The van der Waals surface area contributed by atoms with Crippen molar-refractivity contribution in [1.82, 2.24) is 4.57 Å². The van der Waals surface area contributed by atoms with Gasteiger partial charge in [-0.25, -0.2) is 0 Å². The predicted octanol–water partition coefficient (Wildman–Crippen LogP) is 3.58. The maximum absolute atomic E-state index is 5.99. The van der Waals surface area contributed by atoms with E-state index in [-0.39, 0.29) is 0 Å². The zero-order valence-corrected chi connectivity index (χ0v) is 10.4. The van der Waals surface area contributed by atoms with Gasteiger partial charge in [-0.1, -0.05) is 29.8 Å². The van der Waals surface area contributed by atoms with Crippen molar-refractivity contribution in [1.29, 1.82) is 0 Å². The summed E-state index contributed by atoms with van der Waals surface area (Å²) >= 11 is 0. The molecule has 2 N–H and O–H groups in total. The molecule has 2 heteroatoms. The lowest BCUT2D eigenvalue weighted by atomic mass is 10.1. The van der Waals surface area contributed by atoms with E-state index in [1.54, 1.807) is 0 Å². The molecule has 0 spiro atoms. The van der Waals surface area contributed by atoms with Gasteiger partial charge in [0.2, 0.25) is 0 Å². The quantitative estimate of drug-likeness (QED) is 0.677. The van der Waals surface area contributed by atoms with E-state index >= 15 is 0 Å². The number of nitrogens with zero attached hydrogens (tertiary/aromatic N) is 1. The number of aromatic nitrogens is 1. The van der Waals surface area contributed by atoms with Gasteiger partial charge in [-0.3, -0.25) is 0 Å². The van der Waals surface area contributed by atoms with Gasteiger partial charge in [-0.2, -0.15) is 0 Å². The number of fused-ring (bicyclic) bond motifs is 1. The number of hydrogen-bond acceptors (Lipinski definition) is 1. The van der Waals surface area contributed by atoms with Crippen molar-refractivity contribution in [3.8, 4) is 0 Å². The Hall–Kier alpha value is -2.22. The summed E-state index contributed by atoms with van der Waals surface area (Å²) in [4.78, 5) is 0. The van der Waals surface area contributed by atoms with Crippen LogP contribution < -0.4 is 5.73 Å². The van der Waals surface area contributed by atoms with E-state index in [0.29, 0.717) is 0 Å². The van der Waals surface area contributed by atoms with Crippen LogP contribution in [-0.4, -0.2) is 4.57 Å². The summed E-state index contributed by atoms with van der Waals surface area (Å²) in [5.74, 6) is 0. The minimum atomic E-state index is 0.819. The molecular formula is C16H16N2. The molecule has 3 rings (SSSR count). The fourth-order valence-corrected chi connectivity index (χ4v) is 2.32. The van der Waals surface area contributed by atoms with Gasteiger partial charge in [0.25, 0.3) is 0 Å². The Morgan fingerprint density at radius 2 is 1.89 bits per heavy atom. The SMILES string of the molecule is Cc1ccc2c(ccn2Cc2ccccc2N)c1. The van der Waals surface area contributed by atoms with E-state index in [0.717, 1.165) is 17.8 Å². The monoisotopic (exact) mass is 236 g/mol. The molecule has 0 bridgehead atoms. The lowest BCUT2D eigenvalue weighted by Crippen LogP contribution is -2.01. The normalized spacial score (nSPS) is 10.9. The number of nitrogen functional groups attached to an aromatic ring is 1. The number of para-hydroxylation sites is 1. The Morgan fingerprint density at radius 3 is 2.72 bits per heavy atom. The summed E-state index contributed by atoms with van der Waals surface area (Å²) < 4.78 is 2.24. The Balaban J connectivity index is 2.03. The van der Waals surface area contributed by atoms with Crippen LogP contribution in [0.2, 0.25) is 0 Å². The highest BCUT2D eigenvalue weighted by Crippen LogP contribution is 2.20. The van der Waals surface area contributed by atoms with E-state index in [4.69, 9.17) is 5.73 Å². The fourth-order valence-electron chi connectivity index (χ4n) is 2.32. The Morgan fingerprint density at radius 1 is 1.06 bits per heavy atom. The molecule has 1 heterocycles. The summed E-state index contributed by atoms with van der Waals surface area (Å²) in [6.07, 6.45) is 2.12. The summed E-state index contributed by atoms with van der Waals surface area (Å²) in [5.41, 5.74) is 10.6. The third kappa shape index (κ3) is 1.86. The average molecular weight is 236 g/mol. The number of hydrogen-bond donors (Lipinski definition) is 1. The smallest absolute Gasteiger partial charge is 0.0496 e. The Kier molecular flexibility index (Phi) is 2.56. The molecule has 1 aromatic heterocycles. The van der Waals surface area contributed by atoms with Gasteiger partial charge in [0.05, 0.1) is 0 Å². The first kappa shape index (κ1) is 10.9. The highest BCUT2D eigenvalue weighted by Gasteiger charge is 2.03. The first-order valence-corrected chi connectivity index (χ1v) is 6.13. The molecule has 0 atom stereocenters. The van der Waals surface area contributed by atoms with E-state index in [9.17, 15) is 0 Å². The molecule has 0 unspecified atom stereocenters. The lowest BCUT2D eigenvalue weighted by Gasteiger charge is -2.08. The molecule has 0 radical (unpaired) electrons. The zero-order chi connectivity index (χ0) is 12.5. The van der Waals surface area contributed by atoms with Gasteiger partial charge in [0, 0.05) is 23.9 Å². The summed E-state index contributed by atoms with van der Waals surface area (Å²) in [6, 6.07) is 16.7. The fraction of sp³-hybridized carbons (Fsp3) is 0.125. The summed E-state index contributed by atoms with van der Waals surface area (Å²) in [6.45, 7) is 2.94. The van der Waals surface area contributed by atoms with Gasteiger partial charge < -0.3 is 10.3 Å². The van der Waals surface area contributed by atoms with Crippen LogP contribution in [0.4, 0.5) is 5.69 Å². The van der Waals surface area contributed by atoms with Crippen LogP contribution in [0.3, 0.4) is 0 Å². The van der Waals surface area contributed by atoms with Crippen molar-refractivity contribution in [2.45, 2.75) is 13.5 Å². The molecule has 0 aliphatic heterocycles. The van der Waals surface area contributed by atoms with Crippen LogP contribution in [0.5, 0.6) is 0 Å². The number of benzene rings is 2. The molecule has 0 amide bonds. The highest BCUT2D eigenvalue weighted by molar-refractivity contribution is 5.81. The van der Waals surface area contributed by atoms with Crippen molar-refractivity contribution >= 4 is 16.6 Å². The molecule has 2 aromatic carbocycles. The van der Waals surface area contributed by atoms with Crippen molar-refractivity contribution in [2.75, 3.05) is 5.73 Å². The van der Waals surface area contributed by atoms with Gasteiger partial charge in [0.1, 0.15) is 0 Å². The molecule has 3 aromatic rings. The van der Waals surface area contributed by atoms with E-state index in [2.05, 4.69) is 48.0 Å². The lowest BCUT2D eigenvalue weighted by molar-refractivity contribution is 0.839. The topological polar surface area (TPSA) is 30.9 Å². The van der Waals surface area contributed by atoms with Crippen LogP contribution >= 0.6 is 0 Å². The first-order chi connectivity index (χ1) is 8.74. The molecule has 0 fully saturated rings. The molecule has 18 heavy (non-hydrogen) atoms. The van der Waals surface area contributed by atoms with Crippen molar-refractivity contribution in [3.05, 3.63) is 65.9 Å². The van der Waals surface area contributed by atoms with E-state index < -0.39 is 0 Å². The molecule has 0 saturated heterocycles. The molecular weight excluding hydrogens is 220 g/mol. The van der Waals surface area contributed by atoms with Crippen molar-refractivity contribution in [2.24, 2.45) is 0 Å². The predicted molar refractivity (Wildman–Crippen MR) is 76.6 cm³/mol. The maximum Gasteiger partial charge on any atom is 0.0496 e. The van der Waals surface area contributed by atoms with Crippen molar-refractivity contribution < 1.29 is 0 Å². The van der Waals surface area contributed by atoms with Gasteiger partial charge >= 0.3 is 0 Å². The minimum Gasteiger partial charge on any atom is -0.398 e. The van der Waals surface area contributed by atoms with Crippen LogP contribution in [0.1, 0.15) is 11.1 Å². The van der Waals surface area contributed by atoms with E-state index in [1.807, 2.05) is 18.2 Å². The standard InChI is InChI=1S/C16H16N2/c1-12-6-7-16-13(10-12)8-9-18(16)11-14-4-2-3-5-15(14)17/h2-10H,11,17H2,1H3. The van der Waals surface area contributed by atoms with Gasteiger partial charge in [-0.05, 0) is 42.1 Å². The minimum absolute atomic E-state index is 0.819. The molecule has 0 saturated carbocycles. The van der Waals surface area contributed by atoms with Crippen LogP contribution in [0.25, 0.3) is 10.9 Å². The third-order valence-corrected chi connectivity index (χ3v) is 3.32. The van der Waals surface area contributed by atoms with Crippen LogP contribution in [0.15, 0.2) is 54.7 Å². The average Bonchev–Trinajstić information content (AvgIpc) is 2.74. The molecule has 2 nitrogen and oxygen atoms in total.